The lowest BCUT2D eigenvalue weighted by molar-refractivity contribution is 0.468. The average Bonchev–Trinajstić information content (AvgIpc) is 2.72. The van der Waals surface area contributed by atoms with Gasteiger partial charge in [0.25, 0.3) is 0 Å². The van der Waals surface area contributed by atoms with Crippen molar-refractivity contribution in [2.24, 2.45) is 0 Å². The first-order valence-corrected chi connectivity index (χ1v) is 7.08. The maximum absolute atomic E-state index is 8.90. The smallest absolute Gasteiger partial charge is 0.182 e. The second-order valence-electron chi connectivity index (χ2n) is 4.93. The molecule has 102 valence electrons. The lowest BCUT2D eigenvalue weighted by atomic mass is 10.1. The maximum Gasteiger partial charge on any atom is 0.182 e. The Morgan fingerprint density at radius 1 is 1.11 bits per heavy atom. The van der Waals surface area contributed by atoms with Crippen LogP contribution >= 0.6 is 0 Å². The predicted octanol–water partition coefficient (Wildman–Crippen LogP) is 2.07. The molecular weight excluding hydrogens is 238 g/mol. The molecule has 1 heterocycles. The number of nitrogens with zero attached hydrogens (tertiary/aromatic N) is 3. The molecule has 2 rings (SSSR count). The van der Waals surface area contributed by atoms with Crippen molar-refractivity contribution in [1.82, 2.24) is 15.3 Å². The SMILES string of the molecule is N#Cc1nccnc1NCCNC1CCCCCC1. The zero-order valence-corrected chi connectivity index (χ0v) is 11.2. The molecule has 5 nitrogen and oxygen atoms in total. The van der Waals surface area contributed by atoms with E-state index in [1.54, 1.807) is 6.20 Å². The van der Waals surface area contributed by atoms with Crippen LogP contribution in [0.3, 0.4) is 0 Å². The average molecular weight is 259 g/mol. The molecule has 0 radical (unpaired) electrons. The van der Waals surface area contributed by atoms with Gasteiger partial charge in [-0.15, -0.1) is 0 Å². The Kier molecular flexibility index (Phi) is 5.57. The van der Waals surface area contributed by atoms with Crippen LogP contribution in [0.25, 0.3) is 0 Å². The summed E-state index contributed by atoms with van der Waals surface area (Å²) in [6.45, 7) is 1.66. The van der Waals surface area contributed by atoms with Crippen molar-refractivity contribution in [3.63, 3.8) is 0 Å². The second-order valence-corrected chi connectivity index (χ2v) is 4.93. The van der Waals surface area contributed by atoms with E-state index in [1.165, 1.54) is 44.7 Å². The van der Waals surface area contributed by atoms with Gasteiger partial charge in [0, 0.05) is 31.5 Å². The number of hydrogen-bond donors (Lipinski definition) is 2. The van der Waals surface area contributed by atoms with Gasteiger partial charge >= 0.3 is 0 Å². The first kappa shape index (κ1) is 13.8. The molecular formula is C14H21N5. The van der Waals surface area contributed by atoms with E-state index in [-0.39, 0.29) is 0 Å². The molecule has 1 aliphatic carbocycles. The minimum absolute atomic E-state index is 0.358. The monoisotopic (exact) mass is 259 g/mol. The summed E-state index contributed by atoms with van der Waals surface area (Å²) in [5.74, 6) is 0.577. The van der Waals surface area contributed by atoms with Crippen LogP contribution in [0.2, 0.25) is 0 Å². The van der Waals surface area contributed by atoms with E-state index in [9.17, 15) is 0 Å². The fourth-order valence-corrected chi connectivity index (χ4v) is 2.49. The van der Waals surface area contributed by atoms with E-state index >= 15 is 0 Å². The summed E-state index contributed by atoms with van der Waals surface area (Å²) in [4.78, 5) is 8.10. The summed E-state index contributed by atoms with van der Waals surface area (Å²) in [7, 11) is 0. The summed E-state index contributed by atoms with van der Waals surface area (Å²) in [5.41, 5.74) is 0.358. The van der Waals surface area contributed by atoms with Crippen molar-refractivity contribution in [1.29, 1.82) is 5.26 Å². The molecule has 1 aliphatic rings. The third-order valence-corrected chi connectivity index (χ3v) is 3.51. The fraction of sp³-hybridized carbons (Fsp3) is 0.643. The quantitative estimate of drug-likeness (QED) is 0.625. The second kappa shape index (κ2) is 7.70. The minimum Gasteiger partial charge on any atom is -0.366 e. The third-order valence-electron chi connectivity index (χ3n) is 3.51. The fourth-order valence-electron chi connectivity index (χ4n) is 2.49. The first-order valence-electron chi connectivity index (χ1n) is 7.08. The summed E-state index contributed by atoms with van der Waals surface area (Å²) in [5, 5.41) is 15.6. The number of hydrogen-bond acceptors (Lipinski definition) is 5. The maximum atomic E-state index is 8.90. The van der Waals surface area contributed by atoms with E-state index < -0.39 is 0 Å². The van der Waals surface area contributed by atoms with Crippen molar-refractivity contribution in [3.8, 4) is 6.07 Å². The van der Waals surface area contributed by atoms with Gasteiger partial charge in [-0.05, 0) is 12.8 Å². The van der Waals surface area contributed by atoms with E-state index in [4.69, 9.17) is 5.26 Å². The largest absolute Gasteiger partial charge is 0.366 e. The minimum atomic E-state index is 0.358. The molecule has 0 aliphatic heterocycles. The molecule has 0 amide bonds. The molecule has 0 bridgehead atoms. The lowest BCUT2D eigenvalue weighted by Gasteiger charge is -2.16. The normalized spacial score (nSPS) is 16.6. The zero-order valence-electron chi connectivity index (χ0n) is 11.2. The van der Waals surface area contributed by atoms with Crippen molar-refractivity contribution < 1.29 is 0 Å². The van der Waals surface area contributed by atoms with Gasteiger partial charge in [0.2, 0.25) is 0 Å². The highest BCUT2D eigenvalue weighted by atomic mass is 15.0. The van der Waals surface area contributed by atoms with E-state index in [0.29, 0.717) is 17.6 Å². The van der Waals surface area contributed by atoms with Crippen LogP contribution in [-0.2, 0) is 0 Å². The van der Waals surface area contributed by atoms with Crippen molar-refractivity contribution in [3.05, 3.63) is 18.1 Å². The molecule has 0 spiro atoms. The number of nitrogens with one attached hydrogen (secondary N) is 2. The van der Waals surface area contributed by atoms with Crippen molar-refractivity contribution in [2.75, 3.05) is 18.4 Å². The Morgan fingerprint density at radius 2 is 1.84 bits per heavy atom. The molecule has 0 unspecified atom stereocenters. The molecule has 0 atom stereocenters. The van der Waals surface area contributed by atoms with Crippen molar-refractivity contribution >= 4 is 5.82 Å². The van der Waals surface area contributed by atoms with Gasteiger partial charge in [0.15, 0.2) is 11.5 Å². The molecule has 1 fully saturated rings. The highest BCUT2D eigenvalue weighted by Crippen LogP contribution is 2.16. The van der Waals surface area contributed by atoms with Gasteiger partial charge in [-0.2, -0.15) is 5.26 Å². The molecule has 1 aromatic heterocycles. The summed E-state index contributed by atoms with van der Waals surface area (Å²) >= 11 is 0. The van der Waals surface area contributed by atoms with Crippen LogP contribution in [0.4, 0.5) is 5.82 Å². The van der Waals surface area contributed by atoms with E-state index in [1.807, 2.05) is 6.07 Å². The molecule has 0 saturated heterocycles. The van der Waals surface area contributed by atoms with Crippen LogP contribution < -0.4 is 10.6 Å². The topological polar surface area (TPSA) is 73.6 Å². The standard InChI is InChI=1S/C14H21N5/c15-11-13-14(19-10-8-17-13)18-9-7-16-12-5-3-1-2-4-6-12/h8,10,12,16H,1-7,9H2,(H,18,19). The van der Waals surface area contributed by atoms with E-state index in [0.717, 1.165) is 13.1 Å². The van der Waals surface area contributed by atoms with Gasteiger partial charge in [0.05, 0.1) is 0 Å². The first-order chi connectivity index (χ1) is 9.40. The van der Waals surface area contributed by atoms with Crippen LogP contribution in [0.15, 0.2) is 12.4 Å². The Bertz CT molecular complexity index is 418. The van der Waals surface area contributed by atoms with Crippen LogP contribution in [-0.4, -0.2) is 29.1 Å². The van der Waals surface area contributed by atoms with Crippen LogP contribution in [0.1, 0.15) is 44.2 Å². The molecule has 1 aromatic rings. The van der Waals surface area contributed by atoms with Gasteiger partial charge in [-0.3, -0.25) is 0 Å². The van der Waals surface area contributed by atoms with Crippen molar-refractivity contribution in [2.45, 2.75) is 44.6 Å². The Labute approximate surface area is 114 Å². The number of nitriles is 1. The molecule has 2 N–H and O–H groups in total. The molecule has 0 aromatic carbocycles. The predicted molar refractivity (Wildman–Crippen MR) is 74.7 cm³/mol. The van der Waals surface area contributed by atoms with Crippen LogP contribution in [0, 0.1) is 11.3 Å². The van der Waals surface area contributed by atoms with Crippen LogP contribution in [0.5, 0.6) is 0 Å². The zero-order chi connectivity index (χ0) is 13.3. The molecule has 5 heteroatoms. The number of anilines is 1. The van der Waals surface area contributed by atoms with Gasteiger partial charge in [-0.1, -0.05) is 25.7 Å². The molecule has 1 saturated carbocycles. The Balaban J connectivity index is 1.70. The summed E-state index contributed by atoms with van der Waals surface area (Å²) in [6, 6.07) is 2.69. The highest BCUT2D eigenvalue weighted by molar-refractivity contribution is 5.46. The third kappa shape index (κ3) is 4.49. The Hall–Kier alpha value is -1.67. The number of aromatic nitrogens is 2. The summed E-state index contributed by atoms with van der Waals surface area (Å²) < 4.78 is 0. The lowest BCUT2D eigenvalue weighted by Crippen LogP contribution is -2.32. The summed E-state index contributed by atoms with van der Waals surface area (Å²) in [6.07, 6.45) is 11.1. The Morgan fingerprint density at radius 3 is 2.58 bits per heavy atom. The van der Waals surface area contributed by atoms with Gasteiger partial charge < -0.3 is 10.6 Å². The number of rotatable bonds is 5. The van der Waals surface area contributed by atoms with Gasteiger partial charge in [0.1, 0.15) is 6.07 Å². The molecule has 19 heavy (non-hydrogen) atoms. The van der Waals surface area contributed by atoms with E-state index in [2.05, 4.69) is 20.6 Å². The highest BCUT2D eigenvalue weighted by Gasteiger charge is 2.11. The van der Waals surface area contributed by atoms with Gasteiger partial charge in [-0.25, -0.2) is 9.97 Å².